The minimum absolute atomic E-state index is 0.228. The van der Waals surface area contributed by atoms with E-state index in [4.69, 9.17) is 4.74 Å². The second kappa shape index (κ2) is 6.87. The van der Waals surface area contributed by atoms with Gasteiger partial charge in [-0.2, -0.15) is 5.10 Å². The van der Waals surface area contributed by atoms with E-state index in [-0.39, 0.29) is 17.8 Å². The van der Waals surface area contributed by atoms with Crippen LogP contribution in [-0.4, -0.2) is 31.8 Å². The smallest absolute Gasteiger partial charge is 0.287 e. The van der Waals surface area contributed by atoms with Gasteiger partial charge < -0.3 is 14.6 Å². The number of benzene rings is 1. The monoisotopic (exact) mass is 381 g/mol. The highest BCUT2D eigenvalue weighted by Crippen LogP contribution is 2.28. The Morgan fingerprint density at radius 1 is 1.25 bits per heavy atom. The third kappa shape index (κ3) is 2.80. The normalized spacial score (nSPS) is 18.4. The van der Waals surface area contributed by atoms with Crippen molar-refractivity contribution in [1.29, 1.82) is 0 Å². The van der Waals surface area contributed by atoms with Crippen LogP contribution in [0.5, 0.6) is 0 Å². The molecule has 0 fully saturated rings. The predicted octanol–water partition coefficient (Wildman–Crippen LogP) is 2.55. The van der Waals surface area contributed by atoms with Crippen LogP contribution in [0.2, 0.25) is 0 Å². The molecule has 2 aliphatic rings. The summed E-state index contributed by atoms with van der Waals surface area (Å²) in [4.78, 5) is 17.2. The molecule has 0 spiro atoms. The number of aromatic nitrogens is 4. The molecule has 5 rings (SSSR count). The van der Waals surface area contributed by atoms with E-state index >= 15 is 0 Å². The molecular formula is C20H20FN5O2. The molecule has 0 bridgehead atoms. The fraction of sp³-hybridized carbons (Fsp3) is 0.350. The maximum Gasteiger partial charge on any atom is 0.287 e. The lowest BCUT2D eigenvalue weighted by Gasteiger charge is -2.25. The second-order valence-electron chi connectivity index (χ2n) is 7.13. The van der Waals surface area contributed by atoms with E-state index in [1.165, 1.54) is 6.07 Å². The van der Waals surface area contributed by atoms with Crippen LogP contribution < -0.4 is 5.32 Å². The molecule has 8 heteroatoms. The zero-order chi connectivity index (χ0) is 19.1. The summed E-state index contributed by atoms with van der Waals surface area (Å²) in [6.45, 7) is 1.47. The van der Waals surface area contributed by atoms with E-state index in [9.17, 15) is 9.18 Å². The van der Waals surface area contributed by atoms with Crippen LogP contribution in [0.4, 0.5) is 4.39 Å². The largest absolute Gasteiger partial charge is 0.373 e. The Kier molecular flexibility index (Phi) is 4.20. The molecule has 0 radical (unpaired) electrons. The first-order chi connectivity index (χ1) is 13.7. The average Bonchev–Trinajstić information content (AvgIpc) is 3.33. The number of imidazole rings is 1. The first-order valence-electron chi connectivity index (χ1n) is 9.47. The number of fused-ring (bicyclic) bond motifs is 2. The predicted molar refractivity (Wildman–Crippen MR) is 98.6 cm³/mol. The van der Waals surface area contributed by atoms with Crippen molar-refractivity contribution < 1.29 is 13.9 Å². The van der Waals surface area contributed by atoms with Gasteiger partial charge in [0.25, 0.3) is 5.91 Å². The molecule has 2 aromatic heterocycles. The molecule has 2 aliphatic heterocycles. The van der Waals surface area contributed by atoms with Gasteiger partial charge in [-0.05, 0) is 31.4 Å². The topological polar surface area (TPSA) is 74.0 Å². The van der Waals surface area contributed by atoms with Gasteiger partial charge in [-0.15, -0.1) is 0 Å². The van der Waals surface area contributed by atoms with Crippen LogP contribution in [0.25, 0.3) is 5.69 Å². The van der Waals surface area contributed by atoms with Crippen LogP contribution in [0, 0.1) is 5.82 Å². The van der Waals surface area contributed by atoms with Gasteiger partial charge in [0.1, 0.15) is 11.5 Å². The van der Waals surface area contributed by atoms with Crippen molar-refractivity contribution in [2.75, 3.05) is 6.61 Å². The lowest BCUT2D eigenvalue weighted by atomic mass is 10.1. The van der Waals surface area contributed by atoms with Crippen molar-refractivity contribution in [3.8, 4) is 5.69 Å². The van der Waals surface area contributed by atoms with E-state index < -0.39 is 0 Å². The highest BCUT2D eigenvalue weighted by atomic mass is 19.1. The Hall–Kier alpha value is -3.00. The number of rotatable bonds is 3. The van der Waals surface area contributed by atoms with E-state index in [0.717, 1.165) is 42.8 Å². The molecule has 7 nitrogen and oxygen atoms in total. The number of halogens is 1. The van der Waals surface area contributed by atoms with Crippen LogP contribution in [0.15, 0.2) is 36.7 Å². The molecule has 4 heterocycles. The van der Waals surface area contributed by atoms with E-state index in [2.05, 4.69) is 15.4 Å². The maximum atomic E-state index is 14.2. The second-order valence-corrected chi connectivity index (χ2v) is 7.13. The van der Waals surface area contributed by atoms with Crippen LogP contribution >= 0.6 is 0 Å². The van der Waals surface area contributed by atoms with Gasteiger partial charge in [-0.3, -0.25) is 4.79 Å². The van der Waals surface area contributed by atoms with Gasteiger partial charge >= 0.3 is 0 Å². The molecule has 1 atom stereocenters. The van der Waals surface area contributed by atoms with Crippen molar-refractivity contribution in [2.45, 2.75) is 38.5 Å². The number of carbonyl (C=O) groups is 1. The van der Waals surface area contributed by atoms with E-state index in [1.54, 1.807) is 35.3 Å². The molecular weight excluding hydrogens is 361 g/mol. The lowest BCUT2D eigenvalue weighted by molar-refractivity contribution is 0.0678. The number of amides is 1. The maximum absolute atomic E-state index is 14.2. The fourth-order valence-corrected chi connectivity index (χ4v) is 3.98. The number of para-hydroxylation sites is 1. The Labute approximate surface area is 161 Å². The van der Waals surface area contributed by atoms with Crippen molar-refractivity contribution in [2.24, 2.45) is 0 Å². The van der Waals surface area contributed by atoms with Crippen molar-refractivity contribution in [1.82, 2.24) is 24.6 Å². The number of hydrogen-bond acceptors (Lipinski definition) is 4. The standard InChI is InChI=1S/C20H20FN5O2/c21-15-6-1-2-7-17(15)26-18-12-28-11-16(14(18)10-23-26)24-20(27)19-22-9-13-5-3-4-8-25(13)19/h1-2,6-7,9-10,16H,3-5,8,11-12H2,(H,24,27). The minimum atomic E-state index is -0.358. The van der Waals surface area contributed by atoms with Gasteiger partial charge in [0.05, 0.1) is 31.1 Å². The lowest BCUT2D eigenvalue weighted by Crippen LogP contribution is -2.36. The van der Waals surface area contributed by atoms with Crippen molar-refractivity contribution in [3.05, 3.63) is 65.3 Å². The number of carbonyl (C=O) groups excluding carboxylic acids is 1. The third-order valence-corrected chi connectivity index (χ3v) is 5.39. The third-order valence-electron chi connectivity index (χ3n) is 5.39. The van der Waals surface area contributed by atoms with Gasteiger partial charge in [0, 0.05) is 24.0 Å². The van der Waals surface area contributed by atoms with Crippen LogP contribution in [0.3, 0.4) is 0 Å². The summed E-state index contributed by atoms with van der Waals surface area (Å²) in [6.07, 6.45) is 6.59. The van der Waals surface area contributed by atoms with Crippen molar-refractivity contribution in [3.63, 3.8) is 0 Å². The molecule has 1 amide bonds. The zero-order valence-electron chi connectivity index (χ0n) is 15.3. The number of aryl methyl sites for hydroxylation is 1. The highest BCUT2D eigenvalue weighted by molar-refractivity contribution is 5.91. The summed E-state index contributed by atoms with van der Waals surface area (Å²) in [5.74, 6) is -0.153. The molecule has 3 aromatic rings. The molecule has 1 aromatic carbocycles. The molecule has 28 heavy (non-hydrogen) atoms. The summed E-state index contributed by atoms with van der Waals surface area (Å²) in [7, 11) is 0. The van der Waals surface area contributed by atoms with Gasteiger partial charge in [-0.1, -0.05) is 12.1 Å². The molecule has 0 saturated heterocycles. The summed E-state index contributed by atoms with van der Waals surface area (Å²) in [6, 6.07) is 6.11. The Balaban J connectivity index is 1.42. The molecule has 1 N–H and O–H groups in total. The first kappa shape index (κ1) is 17.1. The van der Waals surface area contributed by atoms with Gasteiger partial charge in [0.15, 0.2) is 5.82 Å². The zero-order valence-corrected chi connectivity index (χ0v) is 15.3. The SMILES string of the molecule is O=C(NC1COCc2c1cnn2-c1ccccc1F)c1ncc2n1CCCC2. The quantitative estimate of drug-likeness (QED) is 0.757. The average molecular weight is 381 g/mol. The molecule has 1 unspecified atom stereocenters. The summed E-state index contributed by atoms with van der Waals surface area (Å²) in [5.41, 5.74) is 3.05. The first-order valence-corrected chi connectivity index (χ1v) is 9.47. The molecule has 144 valence electrons. The van der Waals surface area contributed by atoms with Gasteiger partial charge in [-0.25, -0.2) is 14.1 Å². The highest BCUT2D eigenvalue weighted by Gasteiger charge is 2.29. The Morgan fingerprint density at radius 2 is 2.14 bits per heavy atom. The summed E-state index contributed by atoms with van der Waals surface area (Å²) in [5, 5.41) is 7.36. The Bertz CT molecular complexity index is 1040. The fourth-order valence-electron chi connectivity index (χ4n) is 3.98. The number of nitrogens with one attached hydrogen (secondary N) is 1. The number of hydrogen-bond donors (Lipinski definition) is 1. The Morgan fingerprint density at radius 3 is 3.04 bits per heavy atom. The van der Waals surface area contributed by atoms with E-state index in [1.807, 2.05) is 4.57 Å². The van der Waals surface area contributed by atoms with E-state index in [0.29, 0.717) is 24.7 Å². The van der Waals surface area contributed by atoms with Crippen LogP contribution in [0.1, 0.15) is 46.5 Å². The number of nitrogens with zero attached hydrogens (tertiary/aromatic N) is 4. The molecule has 0 aliphatic carbocycles. The van der Waals surface area contributed by atoms with Gasteiger partial charge in [0.2, 0.25) is 0 Å². The number of ether oxygens (including phenoxy) is 1. The summed E-state index contributed by atoms with van der Waals surface area (Å²) < 4.78 is 23.4. The molecule has 0 saturated carbocycles. The van der Waals surface area contributed by atoms with Crippen molar-refractivity contribution >= 4 is 5.91 Å². The minimum Gasteiger partial charge on any atom is -0.373 e. The van der Waals surface area contributed by atoms with Crippen LogP contribution in [-0.2, 0) is 24.3 Å². The summed E-state index contributed by atoms with van der Waals surface area (Å²) >= 11 is 0.